The topological polar surface area (TPSA) is 76.0 Å². The second-order valence-corrected chi connectivity index (χ2v) is 10.9. The minimum Gasteiger partial charge on any atom is -0.341 e. The van der Waals surface area contributed by atoms with Crippen LogP contribution in [-0.4, -0.2) is 51.4 Å². The van der Waals surface area contributed by atoms with Gasteiger partial charge >= 0.3 is 0 Å². The van der Waals surface area contributed by atoms with Gasteiger partial charge in [0.1, 0.15) is 5.82 Å². The molecule has 2 aromatic rings. The largest absolute Gasteiger partial charge is 0.341 e. The summed E-state index contributed by atoms with van der Waals surface area (Å²) in [6.07, 6.45) is 8.87. The summed E-state index contributed by atoms with van der Waals surface area (Å²) < 4.78 is 0. The second kappa shape index (κ2) is 10.1. The third kappa shape index (κ3) is 4.77. The highest BCUT2D eigenvalue weighted by atomic mass is 16.2. The Morgan fingerprint density at radius 2 is 1.86 bits per heavy atom. The van der Waals surface area contributed by atoms with Crippen molar-refractivity contribution in [2.24, 2.45) is 5.92 Å². The first-order chi connectivity index (χ1) is 17.3. The maximum Gasteiger partial charge on any atom is 0.254 e. The number of aryl methyl sites for hydroxylation is 2. The number of aromatic amines is 1. The van der Waals surface area contributed by atoms with Gasteiger partial charge in [-0.25, -0.2) is 4.98 Å². The van der Waals surface area contributed by atoms with Gasteiger partial charge < -0.3 is 9.88 Å². The van der Waals surface area contributed by atoms with Crippen molar-refractivity contribution < 1.29 is 4.79 Å². The predicted molar refractivity (Wildman–Crippen MR) is 142 cm³/mol. The number of piperidine rings is 1. The molecule has 1 aliphatic carbocycles. The lowest BCUT2D eigenvalue weighted by atomic mass is 9.83. The SMILES string of the molecule is Cc1cc(C)c(-c2nc3c([nH]2)CN(C(C)C)CC3)cc1C(=O)N1CCC(C2=CC=C(C#N)CC2)CC1. The fourth-order valence-electron chi connectivity index (χ4n) is 5.93. The number of nitrogens with one attached hydrogen (secondary N) is 1. The number of allylic oxidation sites excluding steroid dienone is 4. The van der Waals surface area contributed by atoms with Crippen molar-refractivity contribution in [3.05, 3.63) is 63.5 Å². The standard InChI is InChI=1S/C30H37N5O/c1-19(2)35-14-11-27-28(18-35)33-29(32-27)25-16-26(21(4)15-20(25)3)30(36)34-12-9-24(10-13-34)23-7-5-22(17-31)6-8-23/h5,7,15-16,19,24H,6,8-14,18H2,1-4H3,(H,32,33). The fourth-order valence-corrected chi connectivity index (χ4v) is 5.93. The van der Waals surface area contributed by atoms with Crippen molar-refractivity contribution in [3.63, 3.8) is 0 Å². The lowest BCUT2D eigenvalue weighted by Gasteiger charge is -2.34. The molecular formula is C30H37N5O. The van der Waals surface area contributed by atoms with Gasteiger partial charge in [0.25, 0.3) is 5.91 Å². The van der Waals surface area contributed by atoms with E-state index in [1.165, 1.54) is 11.3 Å². The van der Waals surface area contributed by atoms with E-state index in [-0.39, 0.29) is 5.91 Å². The molecule has 0 spiro atoms. The van der Waals surface area contributed by atoms with Crippen LogP contribution in [0.4, 0.5) is 0 Å². The average molecular weight is 484 g/mol. The Bertz CT molecular complexity index is 1270. The van der Waals surface area contributed by atoms with Crippen molar-refractivity contribution in [1.29, 1.82) is 5.26 Å². The lowest BCUT2D eigenvalue weighted by molar-refractivity contribution is 0.0700. The van der Waals surface area contributed by atoms with E-state index in [0.29, 0.717) is 12.0 Å². The zero-order valence-electron chi connectivity index (χ0n) is 22.0. The number of likely N-dealkylation sites (tertiary alicyclic amines) is 1. The number of benzene rings is 1. The van der Waals surface area contributed by atoms with Crippen LogP contribution >= 0.6 is 0 Å². The van der Waals surface area contributed by atoms with Gasteiger partial charge in [-0.2, -0.15) is 5.26 Å². The van der Waals surface area contributed by atoms with Gasteiger partial charge in [0.2, 0.25) is 0 Å². The van der Waals surface area contributed by atoms with E-state index in [0.717, 1.165) is 97.6 Å². The van der Waals surface area contributed by atoms with Gasteiger partial charge in [-0.15, -0.1) is 0 Å². The number of carbonyl (C=O) groups is 1. The summed E-state index contributed by atoms with van der Waals surface area (Å²) in [5.74, 6) is 1.52. The van der Waals surface area contributed by atoms with Crippen LogP contribution in [0.1, 0.15) is 72.4 Å². The molecule has 0 bridgehead atoms. The molecule has 3 aliphatic rings. The molecule has 1 fully saturated rings. The van der Waals surface area contributed by atoms with Gasteiger partial charge in [0.15, 0.2) is 0 Å². The summed E-state index contributed by atoms with van der Waals surface area (Å²) in [5, 5.41) is 9.10. The number of fused-ring (bicyclic) bond motifs is 1. The zero-order valence-corrected chi connectivity index (χ0v) is 22.0. The van der Waals surface area contributed by atoms with Crippen LogP contribution in [0.5, 0.6) is 0 Å². The number of imidazole rings is 1. The van der Waals surface area contributed by atoms with Gasteiger partial charge in [-0.1, -0.05) is 17.7 Å². The molecule has 3 heterocycles. The Hall–Kier alpha value is -3.17. The molecule has 36 heavy (non-hydrogen) atoms. The molecule has 5 rings (SSSR count). The van der Waals surface area contributed by atoms with E-state index in [2.05, 4.69) is 54.9 Å². The summed E-state index contributed by atoms with van der Waals surface area (Å²) in [6.45, 7) is 12.1. The third-order valence-electron chi connectivity index (χ3n) is 8.28. The van der Waals surface area contributed by atoms with Crippen LogP contribution in [0.15, 0.2) is 35.4 Å². The highest BCUT2D eigenvalue weighted by Crippen LogP contribution is 2.33. The fraction of sp³-hybridized carbons (Fsp3) is 0.500. The van der Waals surface area contributed by atoms with E-state index in [1.807, 2.05) is 17.9 Å². The molecule has 0 radical (unpaired) electrons. The maximum atomic E-state index is 13.6. The molecule has 1 saturated heterocycles. The summed E-state index contributed by atoms with van der Waals surface area (Å²) in [5.41, 5.74) is 8.64. The van der Waals surface area contributed by atoms with Crippen LogP contribution in [0.3, 0.4) is 0 Å². The zero-order chi connectivity index (χ0) is 25.4. The van der Waals surface area contributed by atoms with E-state index in [4.69, 9.17) is 10.2 Å². The Morgan fingerprint density at radius 3 is 2.53 bits per heavy atom. The lowest BCUT2D eigenvalue weighted by Crippen LogP contribution is -2.39. The molecule has 1 N–H and O–H groups in total. The molecular weight excluding hydrogens is 446 g/mol. The molecule has 1 amide bonds. The number of rotatable bonds is 4. The number of nitrogens with zero attached hydrogens (tertiary/aromatic N) is 4. The first kappa shape index (κ1) is 24.5. The van der Waals surface area contributed by atoms with Crippen molar-refractivity contribution in [1.82, 2.24) is 19.8 Å². The Kier molecular flexibility index (Phi) is 6.85. The first-order valence-electron chi connectivity index (χ1n) is 13.4. The molecule has 0 saturated carbocycles. The third-order valence-corrected chi connectivity index (χ3v) is 8.28. The van der Waals surface area contributed by atoms with Gasteiger partial charge in [-0.3, -0.25) is 9.69 Å². The number of hydrogen-bond donors (Lipinski definition) is 1. The first-order valence-corrected chi connectivity index (χ1v) is 13.4. The minimum atomic E-state index is 0.124. The van der Waals surface area contributed by atoms with Crippen LogP contribution in [0.25, 0.3) is 11.4 Å². The van der Waals surface area contributed by atoms with E-state index >= 15 is 0 Å². The van der Waals surface area contributed by atoms with Gasteiger partial charge in [0, 0.05) is 55.3 Å². The van der Waals surface area contributed by atoms with Crippen LogP contribution in [0.2, 0.25) is 0 Å². The highest BCUT2D eigenvalue weighted by Gasteiger charge is 2.28. The van der Waals surface area contributed by atoms with E-state index < -0.39 is 0 Å². The molecule has 0 atom stereocenters. The molecule has 1 aromatic carbocycles. The van der Waals surface area contributed by atoms with Crippen LogP contribution in [-0.2, 0) is 13.0 Å². The van der Waals surface area contributed by atoms with Gasteiger partial charge in [-0.05, 0) is 82.6 Å². The second-order valence-electron chi connectivity index (χ2n) is 10.9. The smallest absolute Gasteiger partial charge is 0.254 e. The summed E-state index contributed by atoms with van der Waals surface area (Å²) in [4.78, 5) is 26.6. The van der Waals surface area contributed by atoms with E-state index in [1.54, 1.807) is 0 Å². The Balaban J connectivity index is 1.32. The van der Waals surface area contributed by atoms with E-state index in [9.17, 15) is 4.79 Å². The summed E-state index contributed by atoms with van der Waals surface area (Å²) >= 11 is 0. The average Bonchev–Trinajstić information content (AvgIpc) is 3.31. The number of nitriles is 1. The summed E-state index contributed by atoms with van der Waals surface area (Å²) in [7, 11) is 0. The number of amides is 1. The molecule has 6 heteroatoms. The van der Waals surface area contributed by atoms with Crippen molar-refractivity contribution in [2.75, 3.05) is 19.6 Å². The number of hydrogen-bond acceptors (Lipinski definition) is 4. The molecule has 6 nitrogen and oxygen atoms in total. The number of carbonyl (C=O) groups excluding carboxylic acids is 1. The van der Waals surface area contributed by atoms with Crippen LogP contribution in [0, 0.1) is 31.1 Å². The maximum absolute atomic E-state index is 13.6. The molecule has 188 valence electrons. The van der Waals surface area contributed by atoms with Gasteiger partial charge in [0.05, 0.1) is 17.5 Å². The minimum absolute atomic E-state index is 0.124. The quantitative estimate of drug-likeness (QED) is 0.625. The van der Waals surface area contributed by atoms with Crippen molar-refractivity contribution in [2.45, 2.75) is 72.4 Å². The van der Waals surface area contributed by atoms with Crippen molar-refractivity contribution >= 4 is 5.91 Å². The molecule has 2 aliphatic heterocycles. The summed E-state index contributed by atoms with van der Waals surface area (Å²) in [6, 6.07) is 6.97. The van der Waals surface area contributed by atoms with Crippen molar-refractivity contribution in [3.8, 4) is 17.5 Å². The molecule has 0 unspecified atom stereocenters. The number of H-pyrrole nitrogens is 1. The Labute approximate surface area is 214 Å². The highest BCUT2D eigenvalue weighted by molar-refractivity contribution is 5.97. The predicted octanol–water partition coefficient (Wildman–Crippen LogP) is 5.48. The Morgan fingerprint density at radius 1 is 1.08 bits per heavy atom. The normalized spacial score (nSPS) is 19.1. The molecule has 1 aromatic heterocycles. The number of aromatic nitrogens is 2. The monoisotopic (exact) mass is 483 g/mol. The van der Waals surface area contributed by atoms with Crippen LogP contribution < -0.4 is 0 Å².